The molecule has 0 bridgehead atoms. The highest BCUT2D eigenvalue weighted by Gasteiger charge is 2.24. The quantitative estimate of drug-likeness (QED) is 0.172. The van der Waals surface area contributed by atoms with Gasteiger partial charge < -0.3 is 0 Å². The Bertz CT molecular complexity index is 3010. The summed E-state index contributed by atoms with van der Waals surface area (Å²) in [5.74, 6) is 0. The van der Waals surface area contributed by atoms with Crippen molar-refractivity contribution in [3.8, 4) is 66.9 Å². The molecule has 0 atom stereocenters. The highest BCUT2D eigenvalue weighted by molar-refractivity contribution is 6.26. The summed E-state index contributed by atoms with van der Waals surface area (Å²) in [5.41, 5.74) is 14.8. The van der Waals surface area contributed by atoms with E-state index in [-0.39, 0.29) is 0 Å². The lowest BCUT2D eigenvalue weighted by Gasteiger charge is -2.20. The van der Waals surface area contributed by atoms with Gasteiger partial charge in [0.05, 0.1) is 5.69 Å². The van der Waals surface area contributed by atoms with Gasteiger partial charge in [-0.3, -0.25) is 4.98 Å². The first-order chi connectivity index (χ1) is 25.8. The van der Waals surface area contributed by atoms with Gasteiger partial charge >= 0.3 is 0 Å². The molecule has 1 heterocycles. The maximum absolute atomic E-state index is 4.76. The Morgan fingerprint density at radius 1 is 0.288 bits per heavy atom. The summed E-state index contributed by atoms with van der Waals surface area (Å²) in [5, 5.41) is 10.1. The van der Waals surface area contributed by atoms with Gasteiger partial charge in [0.2, 0.25) is 0 Å². The minimum atomic E-state index is 0.972. The van der Waals surface area contributed by atoms with E-state index in [1.807, 2.05) is 12.3 Å². The van der Waals surface area contributed by atoms with E-state index >= 15 is 0 Å². The minimum absolute atomic E-state index is 0.972. The minimum Gasteiger partial charge on any atom is -0.256 e. The zero-order valence-corrected chi connectivity index (χ0v) is 28.3. The highest BCUT2D eigenvalue weighted by atomic mass is 14.7. The van der Waals surface area contributed by atoms with Gasteiger partial charge in [0.15, 0.2) is 0 Å². The van der Waals surface area contributed by atoms with Gasteiger partial charge in [-0.2, -0.15) is 0 Å². The van der Waals surface area contributed by atoms with Crippen LogP contribution in [0.5, 0.6) is 0 Å². The molecule has 0 spiro atoms. The molecule has 11 rings (SSSR count). The number of hydrogen-bond donors (Lipinski definition) is 0. The predicted octanol–water partition coefficient (Wildman–Crippen LogP) is 14.0. The Morgan fingerprint density at radius 2 is 0.846 bits per heavy atom. The van der Waals surface area contributed by atoms with E-state index < -0.39 is 0 Å². The van der Waals surface area contributed by atoms with Crippen molar-refractivity contribution < 1.29 is 0 Å². The van der Waals surface area contributed by atoms with Gasteiger partial charge in [0.25, 0.3) is 0 Å². The van der Waals surface area contributed by atoms with Crippen molar-refractivity contribution in [2.45, 2.75) is 0 Å². The summed E-state index contributed by atoms with van der Waals surface area (Å²) in [6, 6.07) is 66.8. The highest BCUT2D eigenvalue weighted by Crippen LogP contribution is 2.52. The number of rotatable bonds is 4. The average Bonchev–Trinajstić information content (AvgIpc) is 3.55. The van der Waals surface area contributed by atoms with Crippen LogP contribution in [0.1, 0.15) is 0 Å². The molecule has 0 aliphatic heterocycles. The molecule has 1 aromatic heterocycles. The van der Waals surface area contributed by atoms with E-state index in [2.05, 4.69) is 176 Å². The lowest BCUT2D eigenvalue weighted by Crippen LogP contribution is -1.93. The fraction of sp³-hybridized carbons (Fsp3) is 0. The Morgan fingerprint density at radius 3 is 1.65 bits per heavy atom. The Labute approximate surface area is 302 Å². The molecular weight excluding hydrogens is 627 g/mol. The normalized spacial score (nSPS) is 11.8. The number of pyridine rings is 1. The van der Waals surface area contributed by atoms with Crippen LogP contribution in [0.25, 0.3) is 110 Å². The monoisotopic (exact) mass is 657 g/mol. The molecule has 0 fully saturated rings. The first-order valence-corrected chi connectivity index (χ1v) is 18.0. The molecule has 10 aromatic rings. The van der Waals surface area contributed by atoms with Crippen molar-refractivity contribution in [2.75, 3.05) is 0 Å². The van der Waals surface area contributed by atoms with Crippen molar-refractivity contribution in [3.63, 3.8) is 0 Å². The van der Waals surface area contributed by atoms with Crippen molar-refractivity contribution in [1.82, 2.24) is 4.98 Å². The summed E-state index contributed by atoms with van der Waals surface area (Å²) in [7, 11) is 0. The van der Waals surface area contributed by atoms with Crippen LogP contribution in [-0.2, 0) is 0 Å². The van der Waals surface area contributed by atoms with Crippen LogP contribution in [0.15, 0.2) is 188 Å². The van der Waals surface area contributed by atoms with Gasteiger partial charge in [-0.15, -0.1) is 0 Å². The summed E-state index contributed by atoms with van der Waals surface area (Å²) in [6.07, 6.45) is 1.88. The van der Waals surface area contributed by atoms with Crippen LogP contribution < -0.4 is 0 Å². The van der Waals surface area contributed by atoms with Crippen LogP contribution >= 0.6 is 0 Å². The molecule has 0 N–H and O–H groups in total. The Hall–Kier alpha value is -6.83. The summed E-state index contributed by atoms with van der Waals surface area (Å²) in [6.45, 7) is 0. The molecule has 1 heteroatoms. The van der Waals surface area contributed by atoms with E-state index in [0.29, 0.717) is 0 Å². The first-order valence-electron chi connectivity index (χ1n) is 18.0. The molecule has 1 aliphatic rings. The zero-order chi connectivity index (χ0) is 34.2. The van der Waals surface area contributed by atoms with E-state index in [4.69, 9.17) is 4.98 Å². The molecule has 0 saturated heterocycles. The topological polar surface area (TPSA) is 12.9 Å². The van der Waals surface area contributed by atoms with Crippen LogP contribution in [0.2, 0.25) is 0 Å². The van der Waals surface area contributed by atoms with Crippen molar-refractivity contribution in [2.24, 2.45) is 0 Å². The second kappa shape index (κ2) is 11.3. The maximum Gasteiger partial charge on any atom is 0.0702 e. The van der Waals surface area contributed by atoms with Crippen molar-refractivity contribution in [3.05, 3.63) is 188 Å². The van der Waals surface area contributed by atoms with E-state index in [1.165, 1.54) is 98.7 Å². The second-order valence-electron chi connectivity index (χ2n) is 13.8. The van der Waals surface area contributed by atoms with Crippen LogP contribution in [0.3, 0.4) is 0 Å². The SMILES string of the molecule is c1ccc(-c2ccc3c(-c4ccc5c6c(cccc46)-c4ccccc4-5)c4ccccc4c(-c4ccc(-c5cccc6ccccc56)cc4)c3c2)nc1. The molecule has 1 nitrogen and oxygen atoms in total. The van der Waals surface area contributed by atoms with Gasteiger partial charge in [-0.25, -0.2) is 0 Å². The fourth-order valence-corrected chi connectivity index (χ4v) is 8.79. The van der Waals surface area contributed by atoms with Crippen LogP contribution in [0, 0.1) is 0 Å². The number of benzene rings is 9. The molecule has 1 aliphatic carbocycles. The second-order valence-corrected chi connectivity index (χ2v) is 13.8. The third-order valence-corrected chi connectivity index (χ3v) is 11.1. The van der Waals surface area contributed by atoms with Crippen LogP contribution in [0.4, 0.5) is 0 Å². The number of hydrogen-bond acceptors (Lipinski definition) is 1. The van der Waals surface area contributed by atoms with Gasteiger partial charge in [-0.05, 0) is 117 Å². The molecule has 0 amide bonds. The van der Waals surface area contributed by atoms with Crippen molar-refractivity contribution in [1.29, 1.82) is 0 Å². The summed E-state index contributed by atoms with van der Waals surface area (Å²) < 4.78 is 0. The lowest BCUT2D eigenvalue weighted by atomic mass is 9.83. The third-order valence-electron chi connectivity index (χ3n) is 11.1. The molecule has 52 heavy (non-hydrogen) atoms. The van der Waals surface area contributed by atoms with E-state index in [0.717, 1.165) is 11.3 Å². The van der Waals surface area contributed by atoms with Crippen molar-refractivity contribution >= 4 is 43.1 Å². The standard InChI is InChI=1S/C51H31N/c1-2-13-36-32(11-1)12-9-18-37(36)33-22-24-34(25-23-33)49-41-16-5-6-17-42(41)51(46-27-26-35(31-47(46)49)48-21-7-8-30-52-48)45-29-28-44-39-15-4-3-14-38(39)40-19-10-20-43(45)50(40)44/h1-31H. The predicted molar refractivity (Wildman–Crippen MR) is 220 cm³/mol. The van der Waals surface area contributed by atoms with Gasteiger partial charge in [-0.1, -0.05) is 164 Å². The molecule has 0 saturated carbocycles. The molecule has 0 unspecified atom stereocenters. The number of nitrogens with zero attached hydrogens (tertiary/aromatic N) is 1. The molecule has 0 radical (unpaired) electrons. The molecule has 240 valence electrons. The smallest absolute Gasteiger partial charge is 0.0702 e. The molecule has 9 aromatic carbocycles. The zero-order valence-electron chi connectivity index (χ0n) is 28.3. The summed E-state index contributed by atoms with van der Waals surface area (Å²) in [4.78, 5) is 4.76. The van der Waals surface area contributed by atoms with Gasteiger partial charge in [0, 0.05) is 11.8 Å². The van der Waals surface area contributed by atoms with E-state index in [9.17, 15) is 0 Å². The maximum atomic E-state index is 4.76. The Kier molecular flexibility index (Phi) is 6.32. The van der Waals surface area contributed by atoms with Gasteiger partial charge in [0.1, 0.15) is 0 Å². The van der Waals surface area contributed by atoms with E-state index in [1.54, 1.807) is 0 Å². The summed E-state index contributed by atoms with van der Waals surface area (Å²) >= 11 is 0. The number of aromatic nitrogens is 1. The fourth-order valence-electron chi connectivity index (χ4n) is 8.79. The Balaban J connectivity index is 1.20. The lowest BCUT2D eigenvalue weighted by molar-refractivity contribution is 1.33. The molecular formula is C51H31N. The third kappa shape index (κ3) is 4.26. The number of fused-ring (bicyclic) bond motifs is 6. The largest absolute Gasteiger partial charge is 0.256 e. The van der Waals surface area contributed by atoms with Crippen LogP contribution in [-0.4, -0.2) is 4.98 Å². The average molecular weight is 658 g/mol. The first kappa shape index (κ1) is 29.0.